The van der Waals surface area contributed by atoms with Crippen molar-refractivity contribution in [2.45, 2.75) is 12.8 Å². The van der Waals surface area contributed by atoms with Gasteiger partial charge in [0.15, 0.2) is 0 Å². The first kappa shape index (κ1) is 9.46. The molecule has 0 N–H and O–H groups in total. The molecule has 0 heterocycles. The average Bonchev–Trinajstić information content (AvgIpc) is 2.08. The van der Waals surface area contributed by atoms with Crippen LogP contribution in [0.4, 0.5) is 8.78 Å². The molecule has 0 amide bonds. The van der Waals surface area contributed by atoms with Gasteiger partial charge in [-0.3, -0.25) is 0 Å². The van der Waals surface area contributed by atoms with E-state index in [1.165, 1.54) is 6.07 Å². The van der Waals surface area contributed by atoms with Gasteiger partial charge in [0.05, 0.1) is 0 Å². The first-order valence-electron chi connectivity index (χ1n) is 3.66. The normalized spacial score (nSPS) is 13.0. The zero-order chi connectivity index (χ0) is 9.14. The number of hydrogen-bond acceptors (Lipinski definition) is 0. The summed E-state index contributed by atoms with van der Waals surface area (Å²) in [5.41, 5.74) is 0.338. The van der Waals surface area contributed by atoms with Gasteiger partial charge >= 0.3 is 0 Å². The van der Waals surface area contributed by atoms with Gasteiger partial charge in [0.2, 0.25) is 0 Å². The van der Waals surface area contributed by atoms with Crippen LogP contribution in [-0.2, 0) is 0 Å². The van der Waals surface area contributed by atoms with E-state index in [4.69, 9.17) is 11.6 Å². The van der Waals surface area contributed by atoms with Crippen LogP contribution in [0.2, 0.25) is 0 Å². The SMILES string of the molecule is CC(CCl)c1cc(F)ccc1F. The maximum atomic E-state index is 13.0. The largest absolute Gasteiger partial charge is 0.207 e. The van der Waals surface area contributed by atoms with E-state index in [0.29, 0.717) is 11.4 Å². The molecule has 3 heteroatoms. The Morgan fingerprint density at radius 3 is 2.67 bits per heavy atom. The van der Waals surface area contributed by atoms with E-state index in [9.17, 15) is 8.78 Å². The Kier molecular flexibility index (Phi) is 3.04. The lowest BCUT2D eigenvalue weighted by molar-refractivity contribution is 0.576. The summed E-state index contributed by atoms with van der Waals surface area (Å²) in [7, 11) is 0. The van der Waals surface area contributed by atoms with E-state index in [1.54, 1.807) is 6.92 Å². The predicted octanol–water partition coefficient (Wildman–Crippen LogP) is 3.31. The molecular weight excluding hydrogens is 182 g/mol. The fourth-order valence-electron chi connectivity index (χ4n) is 0.975. The summed E-state index contributed by atoms with van der Waals surface area (Å²) >= 11 is 5.52. The minimum absolute atomic E-state index is 0.151. The number of rotatable bonds is 2. The van der Waals surface area contributed by atoms with Crippen molar-refractivity contribution in [3.05, 3.63) is 35.4 Å². The van der Waals surface area contributed by atoms with Crippen molar-refractivity contribution < 1.29 is 8.78 Å². The van der Waals surface area contributed by atoms with Crippen molar-refractivity contribution in [3.63, 3.8) is 0 Å². The smallest absolute Gasteiger partial charge is 0.126 e. The first-order chi connectivity index (χ1) is 5.65. The standard InChI is InChI=1S/C9H9ClF2/c1-6(5-10)8-4-7(11)2-3-9(8)12/h2-4,6H,5H2,1H3. The summed E-state index contributed by atoms with van der Waals surface area (Å²) in [5.74, 6) is -0.685. The molecule has 0 aliphatic rings. The molecule has 66 valence electrons. The molecule has 0 bridgehead atoms. The zero-order valence-corrected chi connectivity index (χ0v) is 7.41. The van der Waals surface area contributed by atoms with Crippen LogP contribution in [0.25, 0.3) is 0 Å². The summed E-state index contributed by atoms with van der Waals surface area (Å²) in [5, 5.41) is 0. The van der Waals surface area contributed by atoms with Gasteiger partial charge < -0.3 is 0 Å². The molecule has 0 saturated heterocycles. The van der Waals surface area contributed by atoms with Crippen LogP contribution in [0.15, 0.2) is 18.2 Å². The average molecular weight is 191 g/mol. The molecule has 1 aromatic rings. The highest BCUT2D eigenvalue weighted by Crippen LogP contribution is 2.20. The Balaban J connectivity index is 3.04. The zero-order valence-electron chi connectivity index (χ0n) is 6.65. The molecule has 0 saturated carbocycles. The fraction of sp³-hybridized carbons (Fsp3) is 0.333. The fourth-order valence-corrected chi connectivity index (χ4v) is 1.14. The van der Waals surface area contributed by atoms with Crippen LogP contribution in [0.5, 0.6) is 0 Å². The summed E-state index contributed by atoms with van der Waals surface area (Å²) < 4.78 is 25.6. The highest BCUT2D eigenvalue weighted by molar-refractivity contribution is 6.18. The Morgan fingerprint density at radius 2 is 2.08 bits per heavy atom. The molecule has 1 unspecified atom stereocenters. The minimum Gasteiger partial charge on any atom is -0.207 e. The Morgan fingerprint density at radius 1 is 1.42 bits per heavy atom. The number of alkyl halides is 1. The molecule has 0 nitrogen and oxygen atoms in total. The highest BCUT2D eigenvalue weighted by atomic mass is 35.5. The Hall–Kier alpha value is -0.630. The third kappa shape index (κ3) is 1.95. The molecule has 12 heavy (non-hydrogen) atoms. The van der Waals surface area contributed by atoms with Gasteiger partial charge in [0.25, 0.3) is 0 Å². The van der Waals surface area contributed by atoms with Crippen molar-refractivity contribution in [3.8, 4) is 0 Å². The summed E-state index contributed by atoms with van der Waals surface area (Å²) in [6.45, 7) is 1.75. The third-order valence-electron chi connectivity index (χ3n) is 1.72. The van der Waals surface area contributed by atoms with Crippen LogP contribution >= 0.6 is 11.6 Å². The predicted molar refractivity (Wildman–Crippen MR) is 45.5 cm³/mol. The van der Waals surface area contributed by atoms with E-state index in [-0.39, 0.29) is 5.92 Å². The van der Waals surface area contributed by atoms with Crippen LogP contribution < -0.4 is 0 Å². The van der Waals surface area contributed by atoms with Gasteiger partial charge in [-0.1, -0.05) is 6.92 Å². The number of halogens is 3. The topological polar surface area (TPSA) is 0 Å². The van der Waals surface area contributed by atoms with E-state index >= 15 is 0 Å². The summed E-state index contributed by atoms with van der Waals surface area (Å²) in [6.07, 6.45) is 0. The van der Waals surface area contributed by atoms with Gasteiger partial charge in [-0.25, -0.2) is 8.78 Å². The van der Waals surface area contributed by atoms with E-state index in [1.807, 2.05) is 0 Å². The van der Waals surface area contributed by atoms with Gasteiger partial charge in [-0.15, -0.1) is 11.6 Å². The lowest BCUT2D eigenvalue weighted by Gasteiger charge is -2.08. The van der Waals surface area contributed by atoms with Gasteiger partial charge in [0.1, 0.15) is 11.6 Å². The molecule has 0 spiro atoms. The number of hydrogen-bond donors (Lipinski definition) is 0. The van der Waals surface area contributed by atoms with Crippen LogP contribution in [0.1, 0.15) is 18.4 Å². The van der Waals surface area contributed by atoms with Crippen molar-refractivity contribution >= 4 is 11.6 Å². The third-order valence-corrected chi connectivity index (χ3v) is 2.18. The number of benzene rings is 1. The summed E-state index contributed by atoms with van der Waals surface area (Å²) in [4.78, 5) is 0. The van der Waals surface area contributed by atoms with Crippen LogP contribution in [0, 0.1) is 11.6 Å². The molecule has 0 fully saturated rings. The maximum Gasteiger partial charge on any atom is 0.126 e. The summed E-state index contributed by atoms with van der Waals surface area (Å²) in [6, 6.07) is 3.40. The molecule has 1 atom stereocenters. The van der Waals surface area contributed by atoms with Crippen molar-refractivity contribution in [2.24, 2.45) is 0 Å². The second-order valence-corrected chi connectivity index (χ2v) is 3.03. The van der Waals surface area contributed by atoms with Gasteiger partial charge in [-0.05, 0) is 29.7 Å². The van der Waals surface area contributed by atoms with Crippen molar-refractivity contribution in [1.82, 2.24) is 0 Å². The Labute approximate surface area is 75.2 Å². The maximum absolute atomic E-state index is 13.0. The molecule has 0 aromatic heterocycles. The molecule has 1 rings (SSSR count). The second kappa shape index (κ2) is 3.85. The molecule has 0 radical (unpaired) electrons. The molecule has 0 aliphatic heterocycles. The van der Waals surface area contributed by atoms with E-state index in [0.717, 1.165) is 12.1 Å². The van der Waals surface area contributed by atoms with E-state index < -0.39 is 11.6 Å². The molecule has 1 aromatic carbocycles. The van der Waals surface area contributed by atoms with Crippen molar-refractivity contribution in [2.75, 3.05) is 5.88 Å². The Bertz CT molecular complexity index is 273. The van der Waals surface area contributed by atoms with Crippen LogP contribution in [-0.4, -0.2) is 5.88 Å². The van der Waals surface area contributed by atoms with Gasteiger partial charge in [-0.2, -0.15) is 0 Å². The minimum atomic E-state index is -0.427. The lowest BCUT2D eigenvalue weighted by atomic mass is 10.0. The van der Waals surface area contributed by atoms with Crippen LogP contribution in [0.3, 0.4) is 0 Å². The quantitative estimate of drug-likeness (QED) is 0.628. The molecule has 0 aliphatic carbocycles. The molecular formula is C9H9ClF2. The monoisotopic (exact) mass is 190 g/mol. The lowest BCUT2D eigenvalue weighted by Crippen LogP contribution is -1.99. The second-order valence-electron chi connectivity index (χ2n) is 2.72. The van der Waals surface area contributed by atoms with Crippen molar-refractivity contribution in [1.29, 1.82) is 0 Å². The first-order valence-corrected chi connectivity index (χ1v) is 4.19. The highest BCUT2D eigenvalue weighted by Gasteiger charge is 2.10. The van der Waals surface area contributed by atoms with E-state index in [2.05, 4.69) is 0 Å². The van der Waals surface area contributed by atoms with Gasteiger partial charge in [0, 0.05) is 5.88 Å².